The van der Waals surface area contributed by atoms with Crippen LogP contribution in [0.3, 0.4) is 0 Å². The van der Waals surface area contributed by atoms with Gasteiger partial charge < -0.3 is 10.0 Å². The number of anilines is 1. The van der Waals surface area contributed by atoms with Crippen molar-refractivity contribution in [1.29, 1.82) is 0 Å². The number of aromatic nitrogens is 2. The fourth-order valence-corrected chi connectivity index (χ4v) is 1.97. The van der Waals surface area contributed by atoms with Gasteiger partial charge in [-0.1, -0.05) is 16.6 Å². The van der Waals surface area contributed by atoms with Crippen molar-refractivity contribution in [3.63, 3.8) is 0 Å². The number of hydrogen-bond acceptors (Lipinski definition) is 5. The Balaban J connectivity index is 2.37. The molecule has 0 aliphatic carbocycles. The molecule has 0 bridgehead atoms. The molecule has 18 heavy (non-hydrogen) atoms. The van der Waals surface area contributed by atoms with Crippen molar-refractivity contribution in [3.05, 3.63) is 40.9 Å². The Morgan fingerprint density at radius 3 is 2.67 bits per heavy atom. The van der Waals surface area contributed by atoms with Crippen molar-refractivity contribution < 1.29 is 14.7 Å². The van der Waals surface area contributed by atoms with E-state index in [0.29, 0.717) is 10.6 Å². The van der Waals surface area contributed by atoms with Crippen LogP contribution < -0.4 is 4.90 Å². The zero-order valence-electron chi connectivity index (χ0n) is 9.40. The zero-order valence-corrected chi connectivity index (χ0v) is 10.2. The molecule has 0 fully saturated rings. The summed E-state index contributed by atoms with van der Waals surface area (Å²) in [4.78, 5) is 24.8. The van der Waals surface area contributed by atoms with Crippen molar-refractivity contribution >= 4 is 29.1 Å². The Morgan fingerprint density at radius 2 is 2.06 bits per heavy atom. The predicted octanol–water partition coefficient (Wildman–Crippen LogP) is 1.51. The maximum atomic E-state index is 12.0. The van der Waals surface area contributed by atoms with Gasteiger partial charge in [-0.2, -0.15) is 0 Å². The van der Waals surface area contributed by atoms with E-state index in [9.17, 15) is 9.59 Å². The second kappa shape index (κ2) is 4.92. The number of carboxylic acids is 1. The van der Waals surface area contributed by atoms with Crippen molar-refractivity contribution in [2.45, 2.75) is 0 Å². The minimum absolute atomic E-state index is 0.0748. The largest absolute Gasteiger partial charge is 0.478 e. The first-order valence-electron chi connectivity index (χ1n) is 4.99. The summed E-state index contributed by atoms with van der Waals surface area (Å²) < 4.78 is 3.60. The van der Waals surface area contributed by atoms with Gasteiger partial charge in [0.1, 0.15) is 4.88 Å². The van der Waals surface area contributed by atoms with E-state index in [1.807, 2.05) is 0 Å². The van der Waals surface area contributed by atoms with Crippen molar-refractivity contribution in [2.75, 3.05) is 11.9 Å². The highest BCUT2D eigenvalue weighted by Gasteiger charge is 2.20. The molecule has 2 rings (SSSR count). The molecule has 92 valence electrons. The Labute approximate surface area is 107 Å². The van der Waals surface area contributed by atoms with Crippen LogP contribution in [0.4, 0.5) is 5.69 Å². The van der Waals surface area contributed by atoms with Crippen LogP contribution in [0, 0.1) is 0 Å². The Morgan fingerprint density at radius 1 is 1.33 bits per heavy atom. The van der Waals surface area contributed by atoms with Gasteiger partial charge in [0, 0.05) is 7.05 Å². The average Bonchev–Trinajstić information content (AvgIpc) is 2.90. The maximum absolute atomic E-state index is 12.0. The molecule has 1 aromatic carbocycles. The smallest absolute Gasteiger partial charge is 0.337 e. The van der Waals surface area contributed by atoms with E-state index < -0.39 is 5.97 Å². The minimum atomic E-state index is -1.08. The first kappa shape index (κ1) is 12.2. The van der Waals surface area contributed by atoms with Crippen LogP contribution in [-0.2, 0) is 0 Å². The van der Waals surface area contributed by atoms with E-state index >= 15 is 0 Å². The van der Waals surface area contributed by atoms with Crippen LogP contribution in [0.1, 0.15) is 20.0 Å². The summed E-state index contributed by atoms with van der Waals surface area (Å²) in [5.41, 5.74) is 0.411. The number of hydrogen-bond donors (Lipinski definition) is 1. The van der Waals surface area contributed by atoms with Crippen LogP contribution in [0.5, 0.6) is 0 Å². The Hall–Kier alpha value is -2.28. The lowest BCUT2D eigenvalue weighted by Crippen LogP contribution is -2.27. The number of carbonyl (C=O) groups excluding carboxylic acids is 1. The lowest BCUT2D eigenvalue weighted by atomic mass is 10.1. The topological polar surface area (TPSA) is 83.4 Å². The van der Waals surface area contributed by atoms with Gasteiger partial charge in [-0.15, -0.1) is 5.10 Å². The van der Waals surface area contributed by atoms with Gasteiger partial charge in [0.2, 0.25) is 0 Å². The number of para-hydroxylation sites is 1. The van der Waals surface area contributed by atoms with Crippen molar-refractivity contribution in [3.8, 4) is 0 Å². The van der Waals surface area contributed by atoms with Crippen molar-refractivity contribution in [2.24, 2.45) is 0 Å². The number of rotatable bonds is 3. The summed E-state index contributed by atoms with van der Waals surface area (Å²) in [6.45, 7) is 0. The van der Waals surface area contributed by atoms with E-state index in [2.05, 4.69) is 9.59 Å². The number of aromatic carboxylic acids is 1. The molecule has 0 unspecified atom stereocenters. The monoisotopic (exact) mass is 263 g/mol. The minimum Gasteiger partial charge on any atom is -0.478 e. The van der Waals surface area contributed by atoms with Gasteiger partial charge >= 0.3 is 5.97 Å². The van der Waals surface area contributed by atoms with Crippen LogP contribution >= 0.6 is 11.5 Å². The summed E-state index contributed by atoms with van der Waals surface area (Å²) in [6.07, 6.45) is 1.35. The highest BCUT2D eigenvalue weighted by molar-refractivity contribution is 7.07. The van der Waals surface area contributed by atoms with Gasteiger partial charge in [-0.25, -0.2) is 4.79 Å². The van der Waals surface area contributed by atoms with Crippen molar-refractivity contribution in [1.82, 2.24) is 9.59 Å². The molecule has 0 atom stereocenters. The third kappa shape index (κ3) is 2.21. The molecule has 2 aromatic rings. The summed E-state index contributed by atoms with van der Waals surface area (Å²) in [5.74, 6) is -1.41. The van der Waals surface area contributed by atoms with E-state index in [4.69, 9.17) is 5.11 Å². The van der Waals surface area contributed by atoms with Gasteiger partial charge in [-0.3, -0.25) is 4.79 Å². The third-order valence-electron chi connectivity index (χ3n) is 2.37. The predicted molar refractivity (Wildman–Crippen MR) is 66.0 cm³/mol. The summed E-state index contributed by atoms with van der Waals surface area (Å²) in [7, 11) is 1.52. The van der Waals surface area contributed by atoms with E-state index in [1.165, 1.54) is 24.2 Å². The fraction of sp³-hybridized carbons (Fsp3) is 0.0909. The SMILES string of the molecule is CN(C(=O)c1cnns1)c1ccccc1C(=O)O. The third-order valence-corrected chi connectivity index (χ3v) is 3.03. The maximum Gasteiger partial charge on any atom is 0.337 e. The molecular formula is C11H9N3O3S. The average molecular weight is 263 g/mol. The first-order chi connectivity index (χ1) is 8.61. The molecule has 0 aliphatic heterocycles. The normalized spacial score (nSPS) is 10.1. The van der Waals surface area contributed by atoms with Gasteiger partial charge in [0.25, 0.3) is 5.91 Å². The molecule has 0 saturated heterocycles. The fourth-order valence-electron chi connectivity index (χ4n) is 1.48. The number of carbonyl (C=O) groups is 2. The second-order valence-corrected chi connectivity index (χ2v) is 4.25. The van der Waals surface area contributed by atoms with Crippen LogP contribution in [0.25, 0.3) is 0 Å². The number of nitrogens with zero attached hydrogens (tertiary/aromatic N) is 3. The molecule has 6 nitrogen and oxygen atoms in total. The molecule has 1 amide bonds. The van der Waals surface area contributed by atoms with Crippen LogP contribution in [0.15, 0.2) is 30.5 Å². The molecule has 1 heterocycles. The first-order valence-corrected chi connectivity index (χ1v) is 5.76. The quantitative estimate of drug-likeness (QED) is 0.907. The summed E-state index contributed by atoms with van der Waals surface area (Å²) >= 11 is 0.969. The van der Waals surface area contributed by atoms with E-state index in [-0.39, 0.29) is 11.5 Å². The van der Waals surface area contributed by atoms with Crippen LogP contribution in [-0.4, -0.2) is 33.6 Å². The summed E-state index contributed by atoms with van der Waals surface area (Å²) in [5, 5.41) is 12.6. The molecule has 0 saturated carbocycles. The van der Waals surface area contributed by atoms with Gasteiger partial charge in [-0.05, 0) is 23.7 Å². The molecule has 1 N–H and O–H groups in total. The Bertz CT molecular complexity index is 583. The molecule has 1 aromatic heterocycles. The lowest BCUT2D eigenvalue weighted by Gasteiger charge is -2.17. The highest BCUT2D eigenvalue weighted by atomic mass is 32.1. The van der Waals surface area contributed by atoms with E-state index in [0.717, 1.165) is 11.5 Å². The molecule has 7 heteroatoms. The zero-order chi connectivity index (χ0) is 13.1. The summed E-state index contributed by atoms with van der Waals surface area (Å²) in [6, 6.07) is 6.32. The molecular weight excluding hydrogens is 254 g/mol. The van der Waals surface area contributed by atoms with Gasteiger partial charge in [0.05, 0.1) is 17.4 Å². The highest BCUT2D eigenvalue weighted by Crippen LogP contribution is 2.21. The van der Waals surface area contributed by atoms with Gasteiger partial charge in [0.15, 0.2) is 0 Å². The standard InChI is InChI=1S/C11H9N3O3S/c1-14(10(15)9-6-12-13-18-9)8-5-3-2-4-7(8)11(16)17/h2-6H,1H3,(H,16,17). The molecule has 0 aliphatic rings. The lowest BCUT2D eigenvalue weighted by molar-refractivity contribution is 0.0697. The molecule has 0 radical (unpaired) electrons. The van der Waals surface area contributed by atoms with Crippen LogP contribution in [0.2, 0.25) is 0 Å². The number of benzene rings is 1. The second-order valence-electron chi connectivity index (χ2n) is 3.47. The number of amides is 1. The number of carboxylic acid groups (broad SMARTS) is 1. The van der Waals surface area contributed by atoms with E-state index in [1.54, 1.807) is 18.2 Å². The molecule has 0 spiro atoms. The Kier molecular flexibility index (Phi) is 3.33.